The summed E-state index contributed by atoms with van der Waals surface area (Å²) >= 11 is 0. The summed E-state index contributed by atoms with van der Waals surface area (Å²) in [5, 5.41) is 6.07. The van der Waals surface area contributed by atoms with Crippen LogP contribution in [0.15, 0.2) is 121 Å². The van der Waals surface area contributed by atoms with Crippen LogP contribution >= 0.6 is 0 Å². The van der Waals surface area contributed by atoms with Gasteiger partial charge in [0.15, 0.2) is 0 Å². The van der Waals surface area contributed by atoms with Gasteiger partial charge in [-0.2, -0.15) is 12.1 Å². The summed E-state index contributed by atoms with van der Waals surface area (Å²) in [5.74, 6) is 1.98. The van der Waals surface area contributed by atoms with Crippen molar-refractivity contribution in [1.29, 1.82) is 0 Å². The molecule has 2 heterocycles. The maximum Gasteiger partial charge on any atom is 0.135 e. The van der Waals surface area contributed by atoms with E-state index in [0.717, 1.165) is 50.4 Å². The first-order valence-corrected chi connectivity index (χ1v) is 25.4. The van der Waals surface area contributed by atoms with Gasteiger partial charge in [0.1, 0.15) is 5.82 Å². The van der Waals surface area contributed by atoms with E-state index >= 15 is 0 Å². The molecule has 6 heteroatoms. The number of hydrogen-bond donors (Lipinski definition) is 1. The zero-order chi connectivity index (χ0) is 51.8. The quantitative estimate of drug-likeness (QED) is 0.154. The Labute approximate surface area is 447 Å². The van der Waals surface area contributed by atoms with E-state index in [1.165, 1.54) is 44.5 Å². The molecule has 0 atom stereocenters. The van der Waals surface area contributed by atoms with Crippen LogP contribution in [0.25, 0.3) is 38.8 Å². The van der Waals surface area contributed by atoms with Gasteiger partial charge in [-0.1, -0.05) is 173 Å². The maximum absolute atomic E-state index is 6.73. The van der Waals surface area contributed by atoms with Gasteiger partial charge in [0, 0.05) is 55.7 Å². The fourth-order valence-corrected chi connectivity index (χ4v) is 9.03. The molecule has 0 unspecified atom stereocenters. The molecule has 2 aromatic heterocycles. The van der Waals surface area contributed by atoms with E-state index in [-0.39, 0.29) is 53.6 Å². The molecule has 380 valence electrons. The Morgan fingerprint density at radius 3 is 1.61 bits per heavy atom. The number of fused-ring (bicyclic) bond motifs is 3. The Morgan fingerprint density at radius 2 is 1.04 bits per heavy atom. The van der Waals surface area contributed by atoms with E-state index in [1.54, 1.807) is 0 Å². The van der Waals surface area contributed by atoms with Crippen LogP contribution in [0.5, 0.6) is 11.5 Å². The second kappa shape index (κ2) is 19.3. The van der Waals surface area contributed by atoms with E-state index in [4.69, 9.17) is 9.72 Å². The van der Waals surface area contributed by atoms with Crippen LogP contribution in [0.1, 0.15) is 158 Å². The normalized spacial score (nSPS) is 12.8. The van der Waals surface area contributed by atoms with Gasteiger partial charge in [0.25, 0.3) is 0 Å². The molecule has 8 aromatic rings. The summed E-state index contributed by atoms with van der Waals surface area (Å²) in [6, 6.07) is 49.3. The molecule has 0 aliphatic rings. The predicted molar refractivity (Wildman–Crippen MR) is 304 cm³/mol. The summed E-state index contributed by atoms with van der Waals surface area (Å²) in [5.41, 5.74) is 15.6. The molecule has 0 saturated heterocycles. The van der Waals surface area contributed by atoms with Gasteiger partial charge < -0.3 is 19.5 Å². The Bertz CT molecular complexity index is 3210. The van der Waals surface area contributed by atoms with Crippen LogP contribution < -0.4 is 15.0 Å². The Morgan fingerprint density at radius 1 is 0.500 bits per heavy atom. The van der Waals surface area contributed by atoms with Crippen molar-refractivity contribution < 1.29 is 25.8 Å². The van der Waals surface area contributed by atoms with Gasteiger partial charge in [0.05, 0.1) is 5.69 Å². The maximum atomic E-state index is 6.73. The summed E-state index contributed by atoms with van der Waals surface area (Å²) in [6.07, 6.45) is 1.92. The molecule has 8 rings (SSSR count). The van der Waals surface area contributed by atoms with Crippen molar-refractivity contribution in [2.45, 2.75) is 157 Å². The zero-order valence-electron chi connectivity index (χ0n) is 46.3. The van der Waals surface area contributed by atoms with Gasteiger partial charge in [-0.05, 0) is 125 Å². The smallest absolute Gasteiger partial charge is 0.135 e. The van der Waals surface area contributed by atoms with E-state index in [9.17, 15) is 0 Å². The average molecular weight is 1140 g/mol. The minimum absolute atomic E-state index is 0. The predicted octanol–water partition coefficient (Wildman–Crippen LogP) is 18.7. The molecule has 0 radical (unpaired) electrons. The second-order valence-corrected chi connectivity index (χ2v) is 25.9. The number of anilines is 4. The largest absolute Gasteiger partial charge is 0.516 e. The van der Waals surface area contributed by atoms with Gasteiger partial charge in [-0.15, -0.1) is 41.4 Å². The van der Waals surface area contributed by atoms with E-state index in [2.05, 4.69) is 245 Å². The standard InChI is InChI=1S/C66H77N4O.Pt/c1-61(2,3)44-24-28-58(56(38-44)68-50-36-48(65(13,14)15)35-49(37-50)66(16,17)18)69(19)51-21-20-22-52(40-51)71-53-25-26-54-55-33-42(43-31-46(63(7,8)9)34-47(32-43)64(10,11)12)23-27-57(55)70(59(54)41-53)60-39-45(29-30-67-60)62(4,5)6;/h20-39,68H,19H2,1-18H3;/q-3;. The minimum Gasteiger partial charge on any atom is -0.516 e. The molecule has 0 aliphatic carbocycles. The molecule has 0 saturated carbocycles. The molecule has 6 aromatic carbocycles. The number of nitrogens with one attached hydrogen (secondary N) is 1. The van der Waals surface area contributed by atoms with E-state index in [0.29, 0.717) is 11.5 Å². The van der Waals surface area contributed by atoms with Crippen LogP contribution in [-0.2, 0) is 53.6 Å². The molecule has 0 aliphatic heterocycles. The molecule has 0 spiro atoms. The van der Waals surface area contributed by atoms with Gasteiger partial charge in [-0.25, -0.2) is 4.98 Å². The first-order chi connectivity index (χ1) is 32.8. The Hall–Kier alpha value is -5.64. The van der Waals surface area contributed by atoms with Gasteiger partial charge >= 0.3 is 0 Å². The van der Waals surface area contributed by atoms with Crippen molar-refractivity contribution in [1.82, 2.24) is 9.55 Å². The van der Waals surface area contributed by atoms with Crippen molar-refractivity contribution in [2.24, 2.45) is 0 Å². The van der Waals surface area contributed by atoms with Crippen molar-refractivity contribution >= 4 is 44.6 Å². The summed E-state index contributed by atoms with van der Waals surface area (Å²) in [6.45, 7) is 40.9. The van der Waals surface area contributed by atoms with E-state index < -0.39 is 0 Å². The first-order valence-electron chi connectivity index (χ1n) is 25.4. The van der Waals surface area contributed by atoms with Crippen LogP contribution in [0.2, 0.25) is 0 Å². The zero-order valence-corrected chi connectivity index (χ0v) is 48.6. The van der Waals surface area contributed by atoms with Gasteiger partial charge in [-0.3, -0.25) is 7.05 Å². The number of aromatic nitrogens is 2. The van der Waals surface area contributed by atoms with Crippen molar-refractivity contribution in [3.8, 4) is 28.4 Å². The monoisotopic (exact) mass is 1140 g/mol. The van der Waals surface area contributed by atoms with Crippen LogP contribution in [0.4, 0.5) is 22.7 Å². The molecule has 0 fully saturated rings. The number of rotatable bonds is 8. The molecule has 1 N–H and O–H groups in total. The fraction of sp³-hybridized carbons (Fsp3) is 0.364. The van der Waals surface area contributed by atoms with Crippen molar-refractivity contribution in [2.75, 3.05) is 10.2 Å². The second-order valence-electron chi connectivity index (χ2n) is 25.9. The molecular weight excluding hydrogens is 1060 g/mol. The first kappa shape index (κ1) is 54.1. The topological polar surface area (TPSA) is 42.3 Å². The third-order valence-electron chi connectivity index (χ3n) is 13.8. The molecule has 0 bridgehead atoms. The fourth-order valence-electron chi connectivity index (χ4n) is 9.03. The molecular formula is C66H77N4OPt-3. The SMILES string of the molecule is [CH2-]N(c1[c-]c(Oc2[c-]c3c(cc2)c2cc(-c4cc(C(C)(C)C)cc(C(C)(C)C)c4)ccc2n3-c2cc(C(C)(C)C)ccn2)ccc1)c1ccc(C(C)(C)C)cc1Nc1cc(C(C)(C)C)cc(C(C)(C)C)c1.[Pt]. The Kier molecular flexibility index (Phi) is 14.5. The number of ether oxygens (including phenoxy) is 1. The van der Waals surface area contributed by atoms with Crippen LogP contribution in [0, 0.1) is 19.2 Å². The van der Waals surface area contributed by atoms with Crippen LogP contribution in [0.3, 0.4) is 0 Å². The molecule has 0 amide bonds. The molecule has 72 heavy (non-hydrogen) atoms. The number of hydrogen-bond acceptors (Lipinski definition) is 4. The van der Waals surface area contributed by atoms with Gasteiger partial charge in [0.2, 0.25) is 0 Å². The average Bonchev–Trinajstić information content (AvgIpc) is 3.59. The van der Waals surface area contributed by atoms with E-state index in [1.807, 2.05) is 35.4 Å². The number of nitrogens with zero attached hydrogens (tertiary/aromatic N) is 3. The third kappa shape index (κ3) is 11.6. The number of benzene rings is 6. The minimum atomic E-state index is -0.0636. The van der Waals surface area contributed by atoms with Crippen LogP contribution in [-0.4, -0.2) is 9.55 Å². The summed E-state index contributed by atoms with van der Waals surface area (Å²) in [4.78, 5) is 6.93. The number of pyridine rings is 1. The van der Waals surface area contributed by atoms with Crippen molar-refractivity contribution in [3.63, 3.8) is 0 Å². The third-order valence-corrected chi connectivity index (χ3v) is 13.8. The summed E-state index contributed by atoms with van der Waals surface area (Å²) in [7, 11) is 4.62. The Balaban J connectivity index is 0.00000760. The summed E-state index contributed by atoms with van der Waals surface area (Å²) < 4.78 is 8.96. The molecule has 5 nitrogen and oxygen atoms in total. The van der Waals surface area contributed by atoms with Crippen molar-refractivity contribution in [3.05, 3.63) is 174 Å².